The fourth-order valence-corrected chi connectivity index (χ4v) is 1.68. The van der Waals surface area contributed by atoms with Crippen LogP contribution < -0.4 is 0 Å². The van der Waals surface area contributed by atoms with Crippen molar-refractivity contribution < 1.29 is 0 Å². The summed E-state index contributed by atoms with van der Waals surface area (Å²) in [5, 5.41) is 8.75. The van der Waals surface area contributed by atoms with E-state index in [9.17, 15) is 0 Å². The van der Waals surface area contributed by atoms with E-state index in [2.05, 4.69) is 44.2 Å². The number of nitrogens with zero attached hydrogens (tertiary/aromatic N) is 1. The second kappa shape index (κ2) is 4.98. The first-order chi connectivity index (χ1) is 7.06. The van der Waals surface area contributed by atoms with E-state index in [1.165, 1.54) is 5.56 Å². The summed E-state index contributed by atoms with van der Waals surface area (Å²) >= 11 is 0. The van der Waals surface area contributed by atoms with E-state index in [0.29, 0.717) is 0 Å². The van der Waals surface area contributed by atoms with Crippen molar-refractivity contribution in [1.82, 2.24) is 0 Å². The lowest BCUT2D eigenvalue weighted by atomic mass is 9.79. The van der Waals surface area contributed by atoms with Gasteiger partial charge < -0.3 is 0 Å². The second-order valence-electron chi connectivity index (χ2n) is 4.82. The summed E-state index contributed by atoms with van der Waals surface area (Å²) in [7, 11) is 0. The first-order valence-corrected chi connectivity index (χ1v) is 5.51. The van der Waals surface area contributed by atoms with Crippen LogP contribution in [0, 0.1) is 17.2 Å². The van der Waals surface area contributed by atoms with Gasteiger partial charge in [-0.2, -0.15) is 5.26 Å². The molecule has 0 heterocycles. The largest absolute Gasteiger partial charge is 0.198 e. The van der Waals surface area contributed by atoms with Crippen LogP contribution in [0.4, 0.5) is 0 Å². The molecular weight excluding hydrogens is 182 g/mol. The van der Waals surface area contributed by atoms with E-state index in [4.69, 9.17) is 5.26 Å². The van der Waals surface area contributed by atoms with Crippen LogP contribution in [0.1, 0.15) is 39.2 Å². The molecule has 0 fully saturated rings. The maximum absolute atomic E-state index is 8.75. The molecule has 0 aromatic heterocycles. The van der Waals surface area contributed by atoms with Crippen LogP contribution in [0.2, 0.25) is 0 Å². The first-order valence-electron chi connectivity index (χ1n) is 5.51. The third-order valence-electron chi connectivity index (χ3n) is 2.98. The number of benzene rings is 1. The molecule has 1 atom stereocenters. The van der Waals surface area contributed by atoms with Gasteiger partial charge in [-0.05, 0) is 30.7 Å². The van der Waals surface area contributed by atoms with E-state index >= 15 is 0 Å². The fraction of sp³-hybridized carbons (Fsp3) is 0.500. The summed E-state index contributed by atoms with van der Waals surface area (Å²) < 4.78 is 0. The summed E-state index contributed by atoms with van der Waals surface area (Å²) in [6.45, 7) is 6.47. The number of nitriles is 1. The Bertz CT molecular complexity index is 332. The van der Waals surface area contributed by atoms with Gasteiger partial charge in [0, 0.05) is 5.92 Å². The molecule has 0 N–H and O–H groups in total. The van der Waals surface area contributed by atoms with Crippen LogP contribution in [0.5, 0.6) is 0 Å². The molecule has 1 nitrogen and oxygen atoms in total. The summed E-state index contributed by atoms with van der Waals surface area (Å²) in [4.78, 5) is 0. The molecule has 0 aliphatic carbocycles. The van der Waals surface area contributed by atoms with Crippen LogP contribution in [0.15, 0.2) is 30.3 Å². The molecule has 1 aromatic carbocycles. The number of rotatable bonds is 4. The summed E-state index contributed by atoms with van der Waals surface area (Å²) in [6.07, 6.45) is 2.03. The molecular formula is C14H19N. The van der Waals surface area contributed by atoms with Crippen LogP contribution in [-0.2, 0) is 5.41 Å². The maximum Gasteiger partial charge on any atom is 0.0652 e. The summed E-state index contributed by atoms with van der Waals surface area (Å²) in [5.41, 5.74) is 1.53. The highest BCUT2D eigenvalue weighted by Gasteiger charge is 2.20. The van der Waals surface area contributed by atoms with Gasteiger partial charge in [0.15, 0.2) is 0 Å². The van der Waals surface area contributed by atoms with Crippen LogP contribution >= 0.6 is 0 Å². The quantitative estimate of drug-likeness (QED) is 0.724. The Morgan fingerprint density at radius 1 is 1.27 bits per heavy atom. The van der Waals surface area contributed by atoms with Crippen molar-refractivity contribution >= 4 is 0 Å². The Morgan fingerprint density at radius 3 is 2.40 bits per heavy atom. The normalized spacial score (nSPS) is 13.2. The molecule has 1 aromatic rings. The molecule has 15 heavy (non-hydrogen) atoms. The molecule has 0 radical (unpaired) electrons. The topological polar surface area (TPSA) is 23.8 Å². The van der Waals surface area contributed by atoms with Crippen LogP contribution in [0.25, 0.3) is 0 Å². The minimum Gasteiger partial charge on any atom is -0.198 e. The zero-order chi connectivity index (χ0) is 11.3. The van der Waals surface area contributed by atoms with Crippen LogP contribution in [-0.4, -0.2) is 0 Å². The molecule has 80 valence electrons. The zero-order valence-electron chi connectivity index (χ0n) is 9.83. The Labute approximate surface area is 92.7 Å². The lowest BCUT2D eigenvalue weighted by Crippen LogP contribution is -2.17. The van der Waals surface area contributed by atoms with E-state index in [1.807, 2.05) is 13.0 Å². The Hall–Kier alpha value is -1.29. The molecule has 1 rings (SSSR count). The SMILES string of the molecule is CC(C#N)CCC(C)(C)c1ccccc1. The maximum atomic E-state index is 8.75. The third kappa shape index (κ3) is 3.40. The van der Waals surface area contributed by atoms with Crippen molar-refractivity contribution in [3.05, 3.63) is 35.9 Å². The summed E-state index contributed by atoms with van der Waals surface area (Å²) in [5.74, 6) is 0.160. The Balaban J connectivity index is 2.64. The summed E-state index contributed by atoms with van der Waals surface area (Å²) in [6, 6.07) is 12.8. The monoisotopic (exact) mass is 201 g/mol. The zero-order valence-corrected chi connectivity index (χ0v) is 9.83. The molecule has 0 aliphatic rings. The minimum atomic E-state index is 0.160. The molecule has 0 bridgehead atoms. The molecule has 0 aliphatic heterocycles. The first kappa shape index (κ1) is 11.8. The average Bonchev–Trinajstić information content (AvgIpc) is 2.27. The van der Waals surface area contributed by atoms with E-state index in [1.54, 1.807) is 0 Å². The fourth-order valence-electron chi connectivity index (χ4n) is 1.68. The van der Waals surface area contributed by atoms with Gasteiger partial charge >= 0.3 is 0 Å². The van der Waals surface area contributed by atoms with Gasteiger partial charge in [0.05, 0.1) is 6.07 Å². The van der Waals surface area contributed by atoms with E-state index in [-0.39, 0.29) is 11.3 Å². The van der Waals surface area contributed by atoms with E-state index in [0.717, 1.165) is 12.8 Å². The predicted molar refractivity (Wildman–Crippen MR) is 63.5 cm³/mol. The molecule has 0 saturated heterocycles. The number of hydrogen-bond donors (Lipinski definition) is 0. The van der Waals surface area contributed by atoms with Gasteiger partial charge in [0.1, 0.15) is 0 Å². The van der Waals surface area contributed by atoms with Gasteiger partial charge in [0.25, 0.3) is 0 Å². The second-order valence-corrected chi connectivity index (χ2v) is 4.82. The van der Waals surface area contributed by atoms with Gasteiger partial charge in [-0.1, -0.05) is 44.2 Å². The Morgan fingerprint density at radius 2 is 1.87 bits per heavy atom. The van der Waals surface area contributed by atoms with Crippen LogP contribution in [0.3, 0.4) is 0 Å². The molecule has 0 saturated carbocycles. The van der Waals surface area contributed by atoms with Gasteiger partial charge in [-0.3, -0.25) is 0 Å². The third-order valence-corrected chi connectivity index (χ3v) is 2.98. The minimum absolute atomic E-state index is 0.160. The van der Waals surface area contributed by atoms with Crippen molar-refractivity contribution in [3.8, 4) is 6.07 Å². The lowest BCUT2D eigenvalue weighted by Gasteiger charge is -2.25. The Kier molecular flexibility index (Phi) is 3.91. The highest BCUT2D eigenvalue weighted by atomic mass is 14.3. The smallest absolute Gasteiger partial charge is 0.0652 e. The van der Waals surface area contributed by atoms with Crippen molar-refractivity contribution in [2.45, 2.75) is 39.0 Å². The standard InChI is InChI=1S/C14H19N/c1-12(11-15)9-10-14(2,3)13-7-5-4-6-8-13/h4-8,12H,9-10H2,1-3H3. The van der Waals surface area contributed by atoms with E-state index < -0.39 is 0 Å². The number of hydrogen-bond acceptors (Lipinski definition) is 1. The molecule has 1 unspecified atom stereocenters. The van der Waals surface area contributed by atoms with Crippen molar-refractivity contribution in [1.29, 1.82) is 5.26 Å². The predicted octanol–water partition coefficient (Wildman–Crippen LogP) is 3.90. The molecule has 0 amide bonds. The van der Waals surface area contributed by atoms with Crippen molar-refractivity contribution in [3.63, 3.8) is 0 Å². The van der Waals surface area contributed by atoms with Crippen molar-refractivity contribution in [2.24, 2.45) is 5.92 Å². The molecule has 1 heteroatoms. The van der Waals surface area contributed by atoms with Gasteiger partial charge in [0.2, 0.25) is 0 Å². The van der Waals surface area contributed by atoms with Gasteiger partial charge in [-0.25, -0.2) is 0 Å². The average molecular weight is 201 g/mol. The van der Waals surface area contributed by atoms with Crippen molar-refractivity contribution in [2.75, 3.05) is 0 Å². The molecule has 0 spiro atoms. The highest BCUT2D eigenvalue weighted by molar-refractivity contribution is 5.23. The van der Waals surface area contributed by atoms with Gasteiger partial charge in [-0.15, -0.1) is 0 Å². The lowest BCUT2D eigenvalue weighted by molar-refractivity contribution is 0.433. The highest BCUT2D eigenvalue weighted by Crippen LogP contribution is 2.29.